The van der Waals surface area contributed by atoms with Gasteiger partial charge in [-0.05, 0) is 34.6 Å². The Bertz CT molecular complexity index is 403. The first-order chi connectivity index (χ1) is 13.2. The van der Waals surface area contributed by atoms with Crippen LogP contribution in [0, 0.1) is 0 Å². The topological polar surface area (TPSA) is 302 Å². The molecule has 0 aromatic carbocycles. The van der Waals surface area contributed by atoms with E-state index in [1.165, 1.54) is 0 Å². The summed E-state index contributed by atoms with van der Waals surface area (Å²) in [6, 6.07) is 0. The zero-order valence-electron chi connectivity index (χ0n) is 18.2. The zero-order chi connectivity index (χ0) is 25.8. The molecule has 32 heavy (non-hydrogen) atoms. The van der Waals surface area contributed by atoms with Crippen LogP contribution in [0.4, 0.5) is 0 Å². The van der Waals surface area contributed by atoms with E-state index in [1.807, 2.05) is 0 Å². The summed E-state index contributed by atoms with van der Waals surface area (Å²) in [7, 11) is 0. The van der Waals surface area contributed by atoms with Crippen molar-refractivity contribution in [3.63, 3.8) is 0 Å². The molecule has 5 N–H and O–H groups in total. The standard InChI is InChI=1S/5C3H6O3.Na.Zr/c5*1-2(4)3(5)6;;/h5*2,4H,1H3,(H,5,6);;/q;;;;;+1;+4/p-5. The molecule has 0 bridgehead atoms. The molecule has 0 saturated carbocycles. The van der Waals surface area contributed by atoms with E-state index in [-0.39, 0.29) is 55.8 Å². The Morgan fingerprint density at radius 3 is 0.469 bits per heavy atom. The first-order valence-electron chi connectivity index (χ1n) is 7.66. The normalized spacial score (nSPS) is 12.8. The summed E-state index contributed by atoms with van der Waals surface area (Å²) in [5.41, 5.74) is 0. The minimum absolute atomic E-state index is 0. The molecule has 15 nitrogen and oxygen atoms in total. The van der Waals surface area contributed by atoms with Crippen molar-refractivity contribution in [1.29, 1.82) is 0 Å². The van der Waals surface area contributed by atoms with Crippen LogP contribution in [-0.2, 0) is 50.2 Å². The van der Waals surface area contributed by atoms with Gasteiger partial charge in [0.05, 0.1) is 60.4 Å². The van der Waals surface area contributed by atoms with Crippen molar-refractivity contribution in [2.45, 2.75) is 65.1 Å². The third-order valence-electron chi connectivity index (χ3n) is 1.71. The number of hydrogen-bond donors (Lipinski definition) is 5. The van der Waals surface area contributed by atoms with E-state index in [2.05, 4.69) is 0 Å². The molecule has 180 valence electrons. The maximum atomic E-state index is 9.34. The molecular weight excluding hydrogens is 534 g/mol. The van der Waals surface area contributed by atoms with Crippen molar-refractivity contribution in [2.75, 3.05) is 0 Å². The third kappa shape index (κ3) is 63.0. The Morgan fingerprint density at radius 1 is 0.438 bits per heavy atom. The summed E-state index contributed by atoms with van der Waals surface area (Å²) < 4.78 is 0. The van der Waals surface area contributed by atoms with Crippen LogP contribution in [0.2, 0.25) is 0 Å². The Labute approximate surface area is 224 Å². The van der Waals surface area contributed by atoms with Crippen molar-refractivity contribution in [1.82, 2.24) is 0 Å². The van der Waals surface area contributed by atoms with Crippen LogP contribution < -0.4 is 55.1 Å². The van der Waals surface area contributed by atoms with E-state index in [0.717, 1.165) is 34.6 Å². The molecule has 0 aliphatic heterocycles. The Kier molecular flexibility index (Phi) is 45.5. The van der Waals surface area contributed by atoms with Crippen molar-refractivity contribution >= 4 is 29.8 Å². The number of carbonyl (C=O) groups excluding carboxylic acids is 5. The van der Waals surface area contributed by atoms with Gasteiger partial charge in [0.15, 0.2) is 0 Å². The number of carboxylic acid groups (broad SMARTS) is 5. The van der Waals surface area contributed by atoms with E-state index >= 15 is 0 Å². The van der Waals surface area contributed by atoms with Gasteiger partial charge in [0.1, 0.15) is 0 Å². The van der Waals surface area contributed by atoms with Crippen LogP contribution in [0.5, 0.6) is 0 Å². The average molecular weight is 560 g/mol. The van der Waals surface area contributed by atoms with Gasteiger partial charge in [-0.3, -0.25) is 0 Å². The molecule has 0 spiro atoms. The van der Waals surface area contributed by atoms with E-state index in [4.69, 9.17) is 25.5 Å². The molecule has 5 unspecified atom stereocenters. The fourth-order valence-electron chi connectivity index (χ4n) is 0. The molecule has 17 heteroatoms. The van der Waals surface area contributed by atoms with Gasteiger partial charge in [0.25, 0.3) is 0 Å². The largest absolute Gasteiger partial charge is 4.00 e. The fourth-order valence-corrected chi connectivity index (χ4v) is 0. The zero-order valence-corrected chi connectivity index (χ0v) is 22.7. The predicted octanol–water partition coefficient (Wildman–Crippen LogP) is -12.4. The molecular formula is C15H25NaO15Zr. The minimum Gasteiger partial charge on any atom is -0.547 e. The van der Waals surface area contributed by atoms with Gasteiger partial charge >= 0.3 is 55.8 Å². The Hall–Kier alpha value is -0.967. The van der Waals surface area contributed by atoms with Crippen LogP contribution in [0.3, 0.4) is 0 Å². The van der Waals surface area contributed by atoms with E-state index in [9.17, 15) is 49.5 Å². The van der Waals surface area contributed by atoms with Crippen LogP contribution in [0.25, 0.3) is 0 Å². The summed E-state index contributed by atoms with van der Waals surface area (Å²) in [5, 5.41) is 86.5. The van der Waals surface area contributed by atoms with Gasteiger partial charge in [0.2, 0.25) is 0 Å². The van der Waals surface area contributed by atoms with Crippen molar-refractivity contribution in [3.8, 4) is 0 Å². The van der Waals surface area contributed by atoms with Gasteiger partial charge in [-0.15, -0.1) is 0 Å². The van der Waals surface area contributed by atoms with Gasteiger partial charge < -0.3 is 75.0 Å². The van der Waals surface area contributed by atoms with Gasteiger partial charge in [-0.2, -0.15) is 0 Å². The third-order valence-corrected chi connectivity index (χ3v) is 1.71. The summed E-state index contributed by atoms with van der Waals surface area (Å²) in [4.78, 5) is 46.7. The molecule has 0 aromatic rings. The van der Waals surface area contributed by atoms with Crippen LogP contribution >= 0.6 is 0 Å². The summed E-state index contributed by atoms with van der Waals surface area (Å²) in [6.45, 7) is 5.67. The van der Waals surface area contributed by atoms with Crippen molar-refractivity contribution in [2.24, 2.45) is 0 Å². The molecule has 0 aliphatic carbocycles. The maximum Gasteiger partial charge on any atom is 4.00 e. The van der Waals surface area contributed by atoms with Crippen LogP contribution in [0.15, 0.2) is 0 Å². The SMILES string of the molecule is CC(O)C(=O)[O-].CC(O)C(=O)[O-].CC(O)C(=O)[O-].CC(O)C(=O)[O-].CC(O)C(=O)[O-].[Na+].[Zr+4]. The summed E-state index contributed by atoms with van der Waals surface area (Å²) >= 11 is 0. The Balaban J connectivity index is -0.0000000481. The number of aliphatic hydroxyl groups excluding tert-OH is 5. The molecule has 0 aromatic heterocycles. The van der Waals surface area contributed by atoms with Crippen molar-refractivity contribution < 1.29 is 131 Å². The quantitative estimate of drug-likeness (QED) is 0.195. The molecule has 0 heterocycles. The fraction of sp³-hybridized carbons (Fsp3) is 0.667. The van der Waals surface area contributed by atoms with E-state index < -0.39 is 60.4 Å². The Morgan fingerprint density at radius 2 is 0.469 bits per heavy atom. The molecule has 0 rings (SSSR count). The van der Waals surface area contributed by atoms with Gasteiger partial charge in [0, 0.05) is 0 Å². The predicted molar refractivity (Wildman–Crippen MR) is 83.4 cm³/mol. The second-order valence-electron chi connectivity index (χ2n) is 4.98. The summed E-state index contributed by atoms with van der Waals surface area (Å²) in [6.07, 6.45) is -6.71. The molecule has 0 saturated heterocycles. The second kappa shape index (κ2) is 30.0. The number of aliphatic carboxylic acids is 5. The average Bonchev–Trinajstić information content (AvgIpc) is 2.56. The van der Waals surface area contributed by atoms with Crippen molar-refractivity contribution in [3.05, 3.63) is 0 Å². The first-order valence-corrected chi connectivity index (χ1v) is 7.66. The summed E-state index contributed by atoms with van der Waals surface area (Å²) in [5.74, 6) is -7.18. The van der Waals surface area contributed by atoms with Crippen LogP contribution in [-0.4, -0.2) is 85.9 Å². The number of hydrogen-bond acceptors (Lipinski definition) is 15. The molecule has 5 atom stereocenters. The number of carboxylic acids is 5. The smallest absolute Gasteiger partial charge is 0.547 e. The number of carbonyl (C=O) groups is 5. The van der Waals surface area contributed by atoms with Gasteiger partial charge in [-0.25, -0.2) is 0 Å². The van der Waals surface area contributed by atoms with Crippen LogP contribution in [0.1, 0.15) is 34.6 Å². The minimum atomic E-state index is -1.44. The second-order valence-corrected chi connectivity index (χ2v) is 4.98. The molecule has 0 fully saturated rings. The number of aliphatic hydroxyl groups is 5. The molecule has 0 amide bonds. The number of rotatable bonds is 5. The molecule has 0 aliphatic rings. The molecule has 0 radical (unpaired) electrons. The monoisotopic (exact) mass is 558 g/mol. The van der Waals surface area contributed by atoms with E-state index in [1.54, 1.807) is 0 Å². The first kappa shape index (κ1) is 48.5. The maximum absolute atomic E-state index is 9.34. The van der Waals surface area contributed by atoms with E-state index in [0.29, 0.717) is 0 Å². The van der Waals surface area contributed by atoms with Gasteiger partial charge in [-0.1, -0.05) is 0 Å².